The Labute approximate surface area is 96.8 Å². The van der Waals surface area contributed by atoms with Crippen LogP contribution in [0.25, 0.3) is 0 Å². The maximum Gasteiger partial charge on any atom is 0.119 e. The number of methoxy groups -OCH3 is 1. The summed E-state index contributed by atoms with van der Waals surface area (Å²) in [7, 11) is 1.72. The zero-order chi connectivity index (χ0) is 11.4. The van der Waals surface area contributed by atoms with Crippen molar-refractivity contribution in [2.45, 2.75) is 31.6 Å². The summed E-state index contributed by atoms with van der Waals surface area (Å²) >= 11 is 0. The molecule has 3 aliphatic rings. The van der Waals surface area contributed by atoms with Gasteiger partial charge in [-0.3, -0.25) is 0 Å². The number of benzene rings is 1. The van der Waals surface area contributed by atoms with Crippen molar-refractivity contribution < 1.29 is 4.74 Å². The molecular weight excluding hydrogens is 198 g/mol. The van der Waals surface area contributed by atoms with Crippen LogP contribution in [0.1, 0.15) is 30.4 Å². The predicted octanol–water partition coefficient (Wildman–Crippen LogP) is 2.38. The molecule has 0 radical (unpaired) electrons. The van der Waals surface area contributed by atoms with E-state index in [2.05, 4.69) is 25.1 Å². The molecule has 86 valence electrons. The number of rotatable bonds is 3. The molecule has 2 heteroatoms. The fourth-order valence-corrected chi connectivity index (χ4v) is 3.86. The quantitative estimate of drug-likeness (QED) is 0.843. The number of aryl methyl sites for hydroxylation is 1. The third-order valence-corrected chi connectivity index (χ3v) is 4.58. The van der Waals surface area contributed by atoms with Crippen molar-refractivity contribution in [3.8, 4) is 5.75 Å². The average molecular weight is 217 g/mol. The molecular formula is C14H19NO. The van der Waals surface area contributed by atoms with Gasteiger partial charge in [0.15, 0.2) is 0 Å². The fraction of sp³-hybridized carbons (Fsp3) is 0.571. The standard InChI is InChI=1S/C14H19NO/c1-10-5-11(16-2)3-4-12(10)14-6-13(7-14,8-14)9-15/h3-5H,6-9,15H2,1-2H3. The zero-order valence-corrected chi connectivity index (χ0v) is 10.0. The van der Waals surface area contributed by atoms with E-state index in [0.29, 0.717) is 10.8 Å². The van der Waals surface area contributed by atoms with Crippen molar-refractivity contribution in [2.75, 3.05) is 13.7 Å². The highest BCUT2D eigenvalue weighted by atomic mass is 16.5. The van der Waals surface area contributed by atoms with E-state index >= 15 is 0 Å². The van der Waals surface area contributed by atoms with E-state index in [1.165, 1.54) is 30.4 Å². The van der Waals surface area contributed by atoms with Crippen LogP contribution in [0.15, 0.2) is 18.2 Å². The maximum absolute atomic E-state index is 5.81. The normalized spacial score (nSPS) is 35.2. The van der Waals surface area contributed by atoms with Crippen LogP contribution in [0.2, 0.25) is 0 Å². The molecule has 0 atom stereocenters. The van der Waals surface area contributed by atoms with Gasteiger partial charge in [-0.1, -0.05) is 6.07 Å². The Morgan fingerprint density at radius 3 is 2.50 bits per heavy atom. The Balaban J connectivity index is 1.87. The second-order valence-electron chi connectivity index (χ2n) is 5.70. The van der Waals surface area contributed by atoms with Crippen molar-refractivity contribution in [1.82, 2.24) is 0 Å². The summed E-state index contributed by atoms with van der Waals surface area (Å²) in [5.41, 5.74) is 9.66. The average Bonchev–Trinajstić information content (AvgIpc) is 2.17. The number of ether oxygens (including phenoxy) is 1. The fourth-order valence-electron chi connectivity index (χ4n) is 3.86. The Hall–Kier alpha value is -1.02. The Morgan fingerprint density at radius 1 is 1.31 bits per heavy atom. The molecule has 0 amide bonds. The first-order valence-corrected chi connectivity index (χ1v) is 5.98. The van der Waals surface area contributed by atoms with Crippen LogP contribution < -0.4 is 10.5 Å². The van der Waals surface area contributed by atoms with E-state index in [9.17, 15) is 0 Å². The van der Waals surface area contributed by atoms with Crippen LogP contribution in [-0.4, -0.2) is 13.7 Å². The molecule has 2 N–H and O–H groups in total. The highest BCUT2D eigenvalue weighted by Crippen LogP contribution is 2.73. The molecule has 0 aromatic heterocycles. The molecule has 0 spiro atoms. The van der Waals surface area contributed by atoms with E-state index in [0.717, 1.165) is 12.3 Å². The van der Waals surface area contributed by atoms with E-state index in [1.807, 2.05) is 0 Å². The van der Waals surface area contributed by atoms with Crippen molar-refractivity contribution in [3.05, 3.63) is 29.3 Å². The minimum atomic E-state index is 0.468. The molecule has 16 heavy (non-hydrogen) atoms. The summed E-state index contributed by atoms with van der Waals surface area (Å²) in [6.45, 7) is 3.05. The summed E-state index contributed by atoms with van der Waals surface area (Å²) in [6.07, 6.45) is 3.89. The number of nitrogens with two attached hydrogens (primary N) is 1. The van der Waals surface area contributed by atoms with Crippen molar-refractivity contribution in [1.29, 1.82) is 0 Å². The Bertz CT molecular complexity index is 419. The number of hydrogen-bond donors (Lipinski definition) is 1. The van der Waals surface area contributed by atoms with Gasteiger partial charge >= 0.3 is 0 Å². The van der Waals surface area contributed by atoms with Gasteiger partial charge in [0.25, 0.3) is 0 Å². The Kier molecular flexibility index (Phi) is 1.91. The first-order valence-electron chi connectivity index (χ1n) is 5.98. The lowest BCUT2D eigenvalue weighted by atomic mass is 9.33. The summed E-state index contributed by atoms with van der Waals surface area (Å²) in [5, 5.41) is 0. The van der Waals surface area contributed by atoms with Crippen LogP contribution in [0.5, 0.6) is 5.75 Å². The smallest absolute Gasteiger partial charge is 0.119 e. The molecule has 3 fully saturated rings. The summed E-state index contributed by atoms with van der Waals surface area (Å²) in [6, 6.07) is 6.47. The third kappa shape index (κ3) is 1.11. The predicted molar refractivity (Wildman–Crippen MR) is 64.7 cm³/mol. The monoisotopic (exact) mass is 217 g/mol. The van der Waals surface area contributed by atoms with Gasteiger partial charge < -0.3 is 10.5 Å². The number of hydrogen-bond acceptors (Lipinski definition) is 2. The Morgan fingerprint density at radius 2 is 2.00 bits per heavy atom. The van der Waals surface area contributed by atoms with E-state index in [4.69, 9.17) is 10.5 Å². The molecule has 1 aromatic rings. The lowest BCUT2D eigenvalue weighted by Gasteiger charge is -2.71. The summed E-state index contributed by atoms with van der Waals surface area (Å²) < 4.78 is 5.25. The molecule has 0 heterocycles. The first kappa shape index (κ1) is 10.2. The summed E-state index contributed by atoms with van der Waals surface area (Å²) in [5.74, 6) is 0.960. The lowest BCUT2D eigenvalue weighted by molar-refractivity contribution is -0.133. The van der Waals surface area contributed by atoms with Gasteiger partial charge in [0.2, 0.25) is 0 Å². The molecule has 3 aliphatic carbocycles. The molecule has 2 bridgehead atoms. The van der Waals surface area contributed by atoms with E-state index in [-0.39, 0.29) is 0 Å². The van der Waals surface area contributed by atoms with Crippen LogP contribution in [0, 0.1) is 12.3 Å². The molecule has 1 aromatic carbocycles. The first-order chi connectivity index (χ1) is 7.63. The highest BCUT2D eigenvalue weighted by Gasteiger charge is 2.67. The zero-order valence-electron chi connectivity index (χ0n) is 10.0. The highest BCUT2D eigenvalue weighted by molar-refractivity contribution is 5.46. The molecule has 2 nitrogen and oxygen atoms in total. The van der Waals surface area contributed by atoms with Gasteiger partial charge in [0.05, 0.1) is 7.11 Å². The largest absolute Gasteiger partial charge is 0.497 e. The van der Waals surface area contributed by atoms with Crippen LogP contribution in [0.3, 0.4) is 0 Å². The van der Waals surface area contributed by atoms with Crippen molar-refractivity contribution >= 4 is 0 Å². The van der Waals surface area contributed by atoms with Crippen LogP contribution in [-0.2, 0) is 5.41 Å². The van der Waals surface area contributed by atoms with Gasteiger partial charge in [0.1, 0.15) is 5.75 Å². The molecule has 0 unspecified atom stereocenters. The molecule has 0 saturated heterocycles. The van der Waals surface area contributed by atoms with Crippen LogP contribution >= 0.6 is 0 Å². The second kappa shape index (κ2) is 3.01. The third-order valence-electron chi connectivity index (χ3n) is 4.58. The van der Waals surface area contributed by atoms with Gasteiger partial charge in [-0.05, 0) is 66.8 Å². The van der Waals surface area contributed by atoms with Crippen LogP contribution in [0.4, 0.5) is 0 Å². The minimum absolute atomic E-state index is 0.468. The lowest BCUT2D eigenvalue weighted by Crippen LogP contribution is -2.67. The van der Waals surface area contributed by atoms with Gasteiger partial charge in [-0.15, -0.1) is 0 Å². The topological polar surface area (TPSA) is 35.2 Å². The van der Waals surface area contributed by atoms with Gasteiger partial charge in [0, 0.05) is 0 Å². The van der Waals surface area contributed by atoms with Crippen molar-refractivity contribution in [3.63, 3.8) is 0 Å². The second-order valence-corrected chi connectivity index (χ2v) is 5.70. The minimum Gasteiger partial charge on any atom is -0.497 e. The van der Waals surface area contributed by atoms with Gasteiger partial charge in [-0.25, -0.2) is 0 Å². The van der Waals surface area contributed by atoms with Crippen molar-refractivity contribution in [2.24, 2.45) is 11.1 Å². The molecule has 4 rings (SSSR count). The SMILES string of the molecule is COc1ccc(C23CC(CN)(C2)C3)c(C)c1. The summed E-state index contributed by atoms with van der Waals surface area (Å²) in [4.78, 5) is 0. The van der Waals surface area contributed by atoms with Gasteiger partial charge in [-0.2, -0.15) is 0 Å². The maximum atomic E-state index is 5.81. The molecule has 3 saturated carbocycles. The van der Waals surface area contributed by atoms with E-state index in [1.54, 1.807) is 7.11 Å². The van der Waals surface area contributed by atoms with E-state index < -0.39 is 0 Å². The molecule has 0 aliphatic heterocycles.